The third-order valence-corrected chi connectivity index (χ3v) is 2.68. The van der Waals surface area contributed by atoms with Crippen LogP contribution in [0.1, 0.15) is 16.1 Å². The maximum absolute atomic E-state index is 13.4. The average molecular weight is 272 g/mol. The third-order valence-electron chi connectivity index (χ3n) is 2.23. The molecule has 1 aromatic heterocycles. The van der Waals surface area contributed by atoms with Crippen LogP contribution in [0, 0.1) is 12.7 Å². The van der Waals surface area contributed by atoms with Crippen LogP contribution in [-0.4, -0.2) is 16.1 Å². The van der Waals surface area contributed by atoms with Gasteiger partial charge in [-0.2, -0.15) is 0 Å². The number of halogens is 2. The molecule has 0 unspecified atom stereocenters. The first-order valence-corrected chi connectivity index (χ1v) is 5.00. The van der Waals surface area contributed by atoms with Crippen molar-refractivity contribution in [2.45, 2.75) is 6.92 Å². The second-order valence-corrected chi connectivity index (χ2v) is 4.16. The van der Waals surface area contributed by atoms with Gasteiger partial charge in [-0.15, -0.1) is 0 Å². The Labute approximate surface area is 93.0 Å². The highest BCUT2D eigenvalue weighted by Gasteiger charge is 2.17. The minimum atomic E-state index is -1.06. The molecule has 0 aliphatic carbocycles. The highest BCUT2D eigenvalue weighted by molar-refractivity contribution is 9.10. The van der Waals surface area contributed by atoms with Gasteiger partial charge in [-0.25, -0.2) is 9.18 Å². The molecule has 0 spiro atoms. The number of aryl methyl sites for hydroxylation is 1. The first-order valence-electron chi connectivity index (χ1n) is 4.21. The molecule has 0 fully saturated rings. The molecule has 5 heteroatoms. The van der Waals surface area contributed by atoms with Crippen LogP contribution in [-0.2, 0) is 0 Å². The molecule has 2 aromatic rings. The number of aromatic amines is 1. The van der Waals surface area contributed by atoms with Gasteiger partial charge in [0.15, 0.2) is 0 Å². The number of benzene rings is 1. The molecule has 78 valence electrons. The van der Waals surface area contributed by atoms with Crippen molar-refractivity contribution in [2.75, 3.05) is 0 Å². The van der Waals surface area contributed by atoms with Crippen LogP contribution >= 0.6 is 15.9 Å². The highest BCUT2D eigenvalue weighted by atomic mass is 79.9. The van der Waals surface area contributed by atoms with E-state index in [9.17, 15) is 9.18 Å². The Morgan fingerprint density at radius 3 is 2.80 bits per heavy atom. The van der Waals surface area contributed by atoms with Crippen molar-refractivity contribution in [3.05, 3.63) is 33.7 Å². The summed E-state index contributed by atoms with van der Waals surface area (Å²) in [5.41, 5.74) is 0.799. The van der Waals surface area contributed by atoms with E-state index >= 15 is 0 Å². The minimum absolute atomic E-state index is 0.116. The minimum Gasteiger partial charge on any atom is -0.478 e. The smallest absolute Gasteiger partial charge is 0.338 e. The number of H-pyrrole nitrogens is 1. The van der Waals surface area contributed by atoms with Crippen LogP contribution in [0.15, 0.2) is 16.6 Å². The van der Waals surface area contributed by atoms with Crippen molar-refractivity contribution in [1.82, 2.24) is 4.98 Å². The van der Waals surface area contributed by atoms with Gasteiger partial charge in [0, 0.05) is 15.6 Å². The number of carboxylic acids is 1. The second-order valence-electron chi connectivity index (χ2n) is 3.24. The summed E-state index contributed by atoms with van der Waals surface area (Å²) in [7, 11) is 0. The largest absolute Gasteiger partial charge is 0.478 e. The lowest BCUT2D eigenvalue weighted by molar-refractivity contribution is 0.0698. The van der Waals surface area contributed by atoms with Crippen molar-refractivity contribution < 1.29 is 14.3 Å². The van der Waals surface area contributed by atoms with E-state index in [0.29, 0.717) is 15.6 Å². The first-order chi connectivity index (χ1) is 7.00. The molecule has 1 heterocycles. The maximum Gasteiger partial charge on any atom is 0.338 e. The standard InChI is InChI=1S/C10H7BrFNO2/c1-4-8(10(14)15)6-2-5(11)3-7(12)9(6)13-4/h2-3,13H,1H3,(H,14,15). The molecule has 0 amide bonds. The Kier molecular flexibility index (Phi) is 2.26. The number of fused-ring (bicyclic) bond motifs is 1. The van der Waals surface area contributed by atoms with Crippen molar-refractivity contribution in [3.63, 3.8) is 0 Å². The Bertz CT molecular complexity index is 562. The molecule has 0 saturated heterocycles. The Morgan fingerprint density at radius 1 is 1.53 bits per heavy atom. The van der Waals surface area contributed by atoms with Crippen LogP contribution in [0.2, 0.25) is 0 Å². The predicted molar refractivity (Wildman–Crippen MR) is 57.7 cm³/mol. The number of aromatic nitrogens is 1. The summed E-state index contributed by atoms with van der Waals surface area (Å²) in [5, 5.41) is 9.36. The predicted octanol–water partition coefficient (Wildman–Crippen LogP) is 3.08. The normalized spacial score (nSPS) is 10.9. The van der Waals surface area contributed by atoms with Crippen LogP contribution in [0.3, 0.4) is 0 Å². The second kappa shape index (κ2) is 3.34. The summed E-state index contributed by atoms with van der Waals surface area (Å²) in [5.74, 6) is -1.52. The zero-order valence-electron chi connectivity index (χ0n) is 7.77. The van der Waals surface area contributed by atoms with Gasteiger partial charge < -0.3 is 10.1 Å². The fraction of sp³-hybridized carbons (Fsp3) is 0.100. The van der Waals surface area contributed by atoms with E-state index in [-0.39, 0.29) is 11.1 Å². The molecule has 0 aliphatic rings. The molecule has 0 saturated carbocycles. The Hall–Kier alpha value is -1.36. The van der Waals surface area contributed by atoms with Crippen LogP contribution in [0.25, 0.3) is 10.9 Å². The SMILES string of the molecule is Cc1[nH]c2c(F)cc(Br)cc2c1C(=O)O. The van der Waals surface area contributed by atoms with Crippen LogP contribution < -0.4 is 0 Å². The van der Waals surface area contributed by atoms with Gasteiger partial charge in [0.25, 0.3) is 0 Å². The zero-order chi connectivity index (χ0) is 11.2. The molecular weight excluding hydrogens is 265 g/mol. The van der Waals surface area contributed by atoms with Crippen molar-refractivity contribution in [3.8, 4) is 0 Å². The number of aromatic carboxylic acids is 1. The van der Waals surface area contributed by atoms with Crippen molar-refractivity contribution in [1.29, 1.82) is 0 Å². The molecule has 0 atom stereocenters. The summed E-state index contributed by atoms with van der Waals surface area (Å²) in [6.07, 6.45) is 0. The molecule has 0 radical (unpaired) electrons. The third kappa shape index (κ3) is 1.52. The highest BCUT2D eigenvalue weighted by Crippen LogP contribution is 2.27. The molecular formula is C10H7BrFNO2. The van der Waals surface area contributed by atoms with Gasteiger partial charge in [-0.05, 0) is 19.1 Å². The van der Waals surface area contributed by atoms with E-state index < -0.39 is 11.8 Å². The molecule has 2 rings (SSSR count). The topological polar surface area (TPSA) is 53.1 Å². The summed E-state index contributed by atoms with van der Waals surface area (Å²) < 4.78 is 14.0. The monoisotopic (exact) mass is 271 g/mol. The number of nitrogens with one attached hydrogen (secondary N) is 1. The number of carboxylic acid groups (broad SMARTS) is 1. The van der Waals surface area contributed by atoms with Gasteiger partial charge in [0.2, 0.25) is 0 Å². The Morgan fingerprint density at radius 2 is 2.20 bits per heavy atom. The van der Waals surface area contributed by atoms with Crippen molar-refractivity contribution >= 4 is 32.8 Å². The van der Waals surface area contributed by atoms with E-state index in [4.69, 9.17) is 5.11 Å². The summed E-state index contributed by atoms with van der Waals surface area (Å²) in [6.45, 7) is 1.61. The summed E-state index contributed by atoms with van der Waals surface area (Å²) in [4.78, 5) is 13.7. The molecule has 2 N–H and O–H groups in total. The number of rotatable bonds is 1. The van der Waals surface area contributed by atoms with Gasteiger partial charge in [-0.1, -0.05) is 15.9 Å². The van der Waals surface area contributed by atoms with Gasteiger partial charge >= 0.3 is 5.97 Å². The molecule has 3 nitrogen and oxygen atoms in total. The number of hydrogen-bond donors (Lipinski definition) is 2. The van der Waals surface area contributed by atoms with Crippen molar-refractivity contribution in [2.24, 2.45) is 0 Å². The van der Waals surface area contributed by atoms with Gasteiger partial charge in [-0.3, -0.25) is 0 Å². The maximum atomic E-state index is 13.4. The number of hydrogen-bond acceptors (Lipinski definition) is 1. The van der Waals surface area contributed by atoms with E-state index in [1.165, 1.54) is 6.07 Å². The number of carbonyl (C=O) groups is 1. The fourth-order valence-electron chi connectivity index (χ4n) is 1.63. The zero-order valence-corrected chi connectivity index (χ0v) is 9.35. The lowest BCUT2D eigenvalue weighted by Gasteiger charge is -1.96. The molecule has 0 bridgehead atoms. The van der Waals surface area contributed by atoms with Crippen LogP contribution in [0.4, 0.5) is 4.39 Å². The fourth-order valence-corrected chi connectivity index (χ4v) is 2.06. The molecule has 15 heavy (non-hydrogen) atoms. The van der Waals surface area contributed by atoms with Gasteiger partial charge in [0.05, 0.1) is 11.1 Å². The Balaban J connectivity index is 2.93. The van der Waals surface area contributed by atoms with Gasteiger partial charge in [0.1, 0.15) is 5.82 Å². The van der Waals surface area contributed by atoms with E-state index in [2.05, 4.69) is 20.9 Å². The van der Waals surface area contributed by atoms with Crippen LogP contribution in [0.5, 0.6) is 0 Å². The average Bonchev–Trinajstić information content (AvgIpc) is 2.41. The quantitative estimate of drug-likeness (QED) is 0.838. The molecule has 0 aliphatic heterocycles. The summed E-state index contributed by atoms with van der Waals surface area (Å²) in [6, 6.07) is 2.88. The van der Waals surface area contributed by atoms with E-state index in [0.717, 1.165) is 0 Å². The van der Waals surface area contributed by atoms with E-state index in [1.807, 2.05) is 0 Å². The first kappa shape index (κ1) is 10.2. The lowest BCUT2D eigenvalue weighted by Crippen LogP contribution is -1.96. The molecule has 1 aromatic carbocycles. The summed E-state index contributed by atoms with van der Waals surface area (Å²) >= 11 is 3.13. The lowest BCUT2D eigenvalue weighted by atomic mass is 10.1. The van der Waals surface area contributed by atoms with E-state index in [1.54, 1.807) is 13.0 Å².